The second-order valence-corrected chi connectivity index (χ2v) is 1.88. The Morgan fingerprint density at radius 2 is 2.22 bits per heavy atom. The molecule has 0 atom stereocenters. The summed E-state index contributed by atoms with van der Waals surface area (Å²) in [6.07, 6.45) is 3.28. The highest BCUT2D eigenvalue weighted by Crippen LogP contribution is 1.96. The van der Waals surface area contributed by atoms with Crippen LogP contribution in [0.15, 0.2) is 0 Å². The second kappa shape index (κ2) is 5.56. The maximum Gasteiger partial charge on any atom is 0.233 e. The number of hydrogen-bond donors (Lipinski definition) is 2. The van der Waals surface area contributed by atoms with Crippen LogP contribution >= 0.6 is 0 Å². The smallest absolute Gasteiger partial charge is 0.233 e. The van der Waals surface area contributed by atoms with Crippen molar-refractivity contribution in [2.24, 2.45) is 5.84 Å². The van der Waals surface area contributed by atoms with Crippen LogP contribution in [0.25, 0.3) is 0 Å². The van der Waals surface area contributed by atoms with Gasteiger partial charge >= 0.3 is 0 Å². The fourth-order valence-electron chi connectivity index (χ4n) is 0.535. The Bertz CT molecular complexity index is 83.1. The lowest BCUT2D eigenvalue weighted by molar-refractivity contribution is -0.121. The minimum absolute atomic E-state index is 0.0940. The molecular formula is C6H13N2O. The summed E-state index contributed by atoms with van der Waals surface area (Å²) in [5.74, 6) is 4.75. The van der Waals surface area contributed by atoms with Gasteiger partial charge in [0.25, 0.3) is 0 Å². The SMILES string of the molecule is [CH2]CCCCC(=O)NN. The third-order valence-corrected chi connectivity index (χ3v) is 1.06. The summed E-state index contributed by atoms with van der Waals surface area (Å²) in [7, 11) is 0. The summed E-state index contributed by atoms with van der Waals surface area (Å²) < 4.78 is 0. The van der Waals surface area contributed by atoms with Crippen molar-refractivity contribution < 1.29 is 4.79 Å². The van der Waals surface area contributed by atoms with Crippen molar-refractivity contribution in [3.63, 3.8) is 0 Å². The largest absolute Gasteiger partial charge is 0.294 e. The first kappa shape index (κ1) is 8.43. The third kappa shape index (κ3) is 5.30. The van der Waals surface area contributed by atoms with E-state index in [1.807, 2.05) is 0 Å². The number of hydrazine groups is 1. The summed E-state index contributed by atoms with van der Waals surface area (Å²) in [6, 6.07) is 0. The lowest BCUT2D eigenvalue weighted by Gasteiger charge is -1.95. The minimum atomic E-state index is -0.0940. The van der Waals surface area contributed by atoms with Crippen LogP contribution in [0.5, 0.6) is 0 Å². The van der Waals surface area contributed by atoms with E-state index in [0.29, 0.717) is 6.42 Å². The lowest BCUT2D eigenvalue weighted by Crippen LogP contribution is -2.29. The average Bonchev–Trinajstić information content (AvgIpc) is 1.89. The van der Waals surface area contributed by atoms with Crippen LogP contribution in [-0.4, -0.2) is 5.91 Å². The molecule has 0 heterocycles. The second-order valence-electron chi connectivity index (χ2n) is 1.88. The van der Waals surface area contributed by atoms with Crippen molar-refractivity contribution in [3.05, 3.63) is 6.92 Å². The van der Waals surface area contributed by atoms with Crippen LogP contribution in [0, 0.1) is 6.92 Å². The number of carbonyl (C=O) groups is 1. The number of nitrogens with two attached hydrogens (primary N) is 1. The Morgan fingerprint density at radius 1 is 1.56 bits per heavy atom. The lowest BCUT2D eigenvalue weighted by atomic mass is 10.2. The molecule has 3 nitrogen and oxygen atoms in total. The van der Waals surface area contributed by atoms with Gasteiger partial charge in [-0.15, -0.1) is 0 Å². The highest BCUT2D eigenvalue weighted by molar-refractivity contribution is 5.74. The van der Waals surface area contributed by atoms with E-state index in [9.17, 15) is 4.79 Å². The summed E-state index contributed by atoms with van der Waals surface area (Å²) in [6.45, 7) is 3.65. The Hall–Kier alpha value is -0.570. The summed E-state index contributed by atoms with van der Waals surface area (Å²) in [5.41, 5.74) is 2.06. The number of amides is 1. The first-order valence-electron chi connectivity index (χ1n) is 3.10. The first-order chi connectivity index (χ1) is 4.31. The van der Waals surface area contributed by atoms with E-state index in [0.717, 1.165) is 19.3 Å². The molecule has 1 amide bonds. The summed E-state index contributed by atoms with van der Waals surface area (Å²) in [5, 5.41) is 0. The van der Waals surface area contributed by atoms with Crippen LogP contribution < -0.4 is 11.3 Å². The van der Waals surface area contributed by atoms with Gasteiger partial charge in [0, 0.05) is 6.42 Å². The van der Waals surface area contributed by atoms with E-state index in [-0.39, 0.29) is 5.91 Å². The topological polar surface area (TPSA) is 55.1 Å². The van der Waals surface area contributed by atoms with Gasteiger partial charge in [-0.25, -0.2) is 5.84 Å². The zero-order chi connectivity index (χ0) is 7.11. The first-order valence-corrected chi connectivity index (χ1v) is 3.10. The number of nitrogens with one attached hydrogen (secondary N) is 1. The molecule has 0 saturated carbocycles. The van der Waals surface area contributed by atoms with Crippen molar-refractivity contribution in [2.45, 2.75) is 25.7 Å². The fraction of sp³-hybridized carbons (Fsp3) is 0.667. The zero-order valence-corrected chi connectivity index (χ0v) is 5.52. The molecule has 0 spiro atoms. The van der Waals surface area contributed by atoms with Gasteiger partial charge < -0.3 is 0 Å². The minimum Gasteiger partial charge on any atom is -0.294 e. The Balaban J connectivity index is 2.97. The van der Waals surface area contributed by atoms with E-state index in [2.05, 4.69) is 12.3 Å². The number of rotatable bonds is 4. The van der Waals surface area contributed by atoms with Crippen molar-refractivity contribution >= 4 is 5.91 Å². The third-order valence-electron chi connectivity index (χ3n) is 1.06. The van der Waals surface area contributed by atoms with Crippen molar-refractivity contribution in [1.29, 1.82) is 0 Å². The van der Waals surface area contributed by atoms with Gasteiger partial charge in [-0.05, 0) is 6.42 Å². The van der Waals surface area contributed by atoms with E-state index >= 15 is 0 Å². The molecule has 3 heteroatoms. The summed E-state index contributed by atoms with van der Waals surface area (Å²) >= 11 is 0. The van der Waals surface area contributed by atoms with Crippen LogP contribution in [0.2, 0.25) is 0 Å². The highest BCUT2D eigenvalue weighted by atomic mass is 16.2. The molecule has 0 aliphatic heterocycles. The molecule has 0 rings (SSSR count). The van der Waals surface area contributed by atoms with Gasteiger partial charge in [-0.1, -0.05) is 19.8 Å². The number of unbranched alkanes of at least 4 members (excludes halogenated alkanes) is 2. The molecular weight excluding hydrogens is 116 g/mol. The Kier molecular flexibility index (Phi) is 5.21. The molecule has 53 valence electrons. The van der Waals surface area contributed by atoms with E-state index in [1.165, 1.54) is 0 Å². The molecule has 0 aromatic heterocycles. The van der Waals surface area contributed by atoms with E-state index in [1.54, 1.807) is 0 Å². The van der Waals surface area contributed by atoms with Crippen molar-refractivity contribution in [2.75, 3.05) is 0 Å². The van der Waals surface area contributed by atoms with Gasteiger partial charge in [0.15, 0.2) is 0 Å². The molecule has 1 radical (unpaired) electrons. The summed E-state index contributed by atoms with van der Waals surface area (Å²) in [4.78, 5) is 10.4. The Labute approximate surface area is 55.6 Å². The zero-order valence-electron chi connectivity index (χ0n) is 5.52. The quantitative estimate of drug-likeness (QED) is 0.249. The fourth-order valence-corrected chi connectivity index (χ4v) is 0.535. The number of carbonyl (C=O) groups excluding carboxylic acids is 1. The van der Waals surface area contributed by atoms with Gasteiger partial charge in [0.2, 0.25) is 5.91 Å². The molecule has 0 saturated heterocycles. The monoisotopic (exact) mass is 129 g/mol. The molecule has 0 bridgehead atoms. The van der Waals surface area contributed by atoms with Crippen LogP contribution in [0.4, 0.5) is 0 Å². The predicted octanol–water partition coefficient (Wildman–Crippen LogP) is 0.371. The van der Waals surface area contributed by atoms with E-state index < -0.39 is 0 Å². The van der Waals surface area contributed by atoms with Gasteiger partial charge in [-0.3, -0.25) is 10.2 Å². The molecule has 3 N–H and O–H groups in total. The van der Waals surface area contributed by atoms with Crippen LogP contribution in [-0.2, 0) is 4.79 Å². The molecule has 0 unspecified atom stereocenters. The molecule has 0 fully saturated rings. The number of hydrogen-bond acceptors (Lipinski definition) is 2. The highest BCUT2D eigenvalue weighted by Gasteiger charge is 1.94. The van der Waals surface area contributed by atoms with Gasteiger partial charge in [-0.2, -0.15) is 0 Å². The maximum absolute atomic E-state index is 10.4. The van der Waals surface area contributed by atoms with E-state index in [4.69, 9.17) is 5.84 Å². The van der Waals surface area contributed by atoms with Crippen LogP contribution in [0.3, 0.4) is 0 Å². The van der Waals surface area contributed by atoms with Crippen molar-refractivity contribution in [3.8, 4) is 0 Å². The molecule has 0 aliphatic rings. The molecule has 0 aromatic rings. The Morgan fingerprint density at radius 3 is 2.67 bits per heavy atom. The molecule has 0 aliphatic carbocycles. The van der Waals surface area contributed by atoms with Crippen molar-refractivity contribution in [1.82, 2.24) is 5.43 Å². The van der Waals surface area contributed by atoms with Gasteiger partial charge in [0.05, 0.1) is 0 Å². The maximum atomic E-state index is 10.4. The average molecular weight is 129 g/mol. The van der Waals surface area contributed by atoms with Gasteiger partial charge in [0.1, 0.15) is 0 Å². The normalized spacial score (nSPS) is 9.11. The standard InChI is InChI=1S/C6H13N2O/c1-2-3-4-5-6(9)8-7/h1-5,7H2,(H,8,9). The van der Waals surface area contributed by atoms with Crippen LogP contribution in [0.1, 0.15) is 25.7 Å². The molecule has 9 heavy (non-hydrogen) atoms. The molecule has 0 aromatic carbocycles. The predicted molar refractivity (Wildman–Crippen MR) is 36.2 cm³/mol.